The maximum atomic E-state index is 4.73. The number of benzene rings is 1. The summed E-state index contributed by atoms with van der Waals surface area (Å²) in [5.41, 5.74) is 3.43. The van der Waals surface area contributed by atoms with Crippen molar-refractivity contribution in [3.63, 3.8) is 0 Å². The van der Waals surface area contributed by atoms with Crippen molar-refractivity contribution < 1.29 is 0 Å². The third kappa shape index (κ3) is 1.95. The molecule has 0 radical (unpaired) electrons. The van der Waals surface area contributed by atoms with E-state index >= 15 is 0 Å². The summed E-state index contributed by atoms with van der Waals surface area (Å²) in [4.78, 5) is 6.91. The predicted molar refractivity (Wildman–Crippen MR) is 96.9 cm³/mol. The maximum absolute atomic E-state index is 4.73. The summed E-state index contributed by atoms with van der Waals surface area (Å²) in [6, 6.07) is 12.6. The van der Waals surface area contributed by atoms with Gasteiger partial charge in [0.25, 0.3) is 0 Å². The number of hydrogen-bond donors (Lipinski definition) is 0. The van der Waals surface area contributed by atoms with Crippen LogP contribution < -0.4 is 0 Å². The Morgan fingerprint density at radius 1 is 1.21 bits per heavy atom. The Kier molecular flexibility index (Phi) is 3.29. The summed E-state index contributed by atoms with van der Waals surface area (Å²) in [7, 11) is 0. The van der Waals surface area contributed by atoms with E-state index in [1.807, 2.05) is 24.0 Å². The van der Waals surface area contributed by atoms with Crippen LogP contribution in [0.25, 0.3) is 5.69 Å². The van der Waals surface area contributed by atoms with E-state index in [-0.39, 0.29) is 4.87 Å². The van der Waals surface area contributed by atoms with Crippen LogP contribution in [-0.2, 0) is 11.4 Å². The Morgan fingerprint density at radius 3 is 3.04 bits per heavy atom. The molecule has 7 heteroatoms. The first-order valence-corrected chi connectivity index (χ1v) is 9.57. The van der Waals surface area contributed by atoms with Gasteiger partial charge in [0.05, 0.1) is 17.9 Å². The number of pyridine rings is 1. The molecular weight excluding hydrogens is 386 g/mol. The zero-order valence-corrected chi connectivity index (χ0v) is 15.2. The summed E-state index contributed by atoms with van der Waals surface area (Å²) in [5.74, 6) is 2.04. The molecule has 0 saturated carbocycles. The molecule has 0 amide bonds. The highest BCUT2D eigenvalue weighted by Gasteiger charge is 2.49. The molecule has 2 aliphatic rings. The van der Waals surface area contributed by atoms with Crippen molar-refractivity contribution in [2.45, 2.75) is 11.4 Å². The summed E-state index contributed by atoms with van der Waals surface area (Å²) in [5, 5.41) is 8.48. The zero-order chi connectivity index (χ0) is 16.1. The van der Waals surface area contributed by atoms with Gasteiger partial charge in [0, 0.05) is 28.5 Å². The Balaban J connectivity index is 1.86. The minimum Gasteiger partial charge on any atom is -0.284 e. The van der Waals surface area contributed by atoms with E-state index in [4.69, 9.17) is 4.98 Å². The number of fused-ring (bicyclic) bond motifs is 5. The number of hydrogen-bond acceptors (Lipinski definition) is 5. The molecule has 5 nitrogen and oxygen atoms in total. The molecule has 2 aromatic heterocycles. The number of nitrogens with zero attached hydrogens (tertiary/aromatic N) is 5. The number of thioether (sulfide) groups is 1. The van der Waals surface area contributed by atoms with Crippen LogP contribution in [-0.4, -0.2) is 36.9 Å². The largest absolute Gasteiger partial charge is 0.284 e. The first kappa shape index (κ1) is 14.6. The molecule has 1 aromatic carbocycles. The smallest absolute Gasteiger partial charge is 0.151 e. The summed E-state index contributed by atoms with van der Waals surface area (Å²) in [6.45, 7) is 1.76. The van der Waals surface area contributed by atoms with Crippen LogP contribution in [0.3, 0.4) is 0 Å². The third-order valence-electron chi connectivity index (χ3n) is 4.66. The fourth-order valence-electron chi connectivity index (χ4n) is 3.66. The fourth-order valence-corrected chi connectivity index (χ4v) is 5.55. The van der Waals surface area contributed by atoms with Crippen molar-refractivity contribution >= 4 is 27.7 Å². The van der Waals surface area contributed by atoms with Crippen LogP contribution in [0.4, 0.5) is 0 Å². The molecule has 24 heavy (non-hydrogen) atoms. The van der Waals surface area contributed by atoms with E-state index in [1.54, 1.807) is 6.33 Å². The average Bonchev–Trinajstić information content (AvgIpc) is 3.22. The van der Waals surface area contributed by atoms with Crippen LogP contribution in [0, 0.1) is 0 Å². The van der Waals surface area contributed by atoms with Crippen molar-refractivity contribution in [3.05, 3.63) is 70.5 Å². The highest BCUT2D eigenvalue weighted by atomic mass is 79.9. The van der Waals surface area contributed by atoms with Gasteiger partial charge in [-0.25, -0.2) is 0 Å². The molecule has 120 valence electrons. The molecule has 1 atom stereocenters. The molecule has 1 unspecified atom stereocenters. The molecule has 4 heterocycles. The van der Waals surface area contributed by atoms with E-state index in [2.05, 4.69) is 65.9 Å². The van der Waals surface area contributed by atoms with Gasteiger partial charge in [-0.2, -0.15) is 0 Å². The lowest BCUT2D eigenvalue weighted by Crippen LogP contribution is -2.40. The van der Waals surface area contributed by atoms with Gasteiger partial charge in [-0.05, 0) is 30.3 Å². The number of halogens is 1. The molecule has 3 aromatic rings. The van der Waals surface area contributed by atoms with Crippen molar-refractivity contribution in [1.82, 2.24) is 24.6 Å². The minimum atomic E-state index is -0.291. The van der Waals surface area contributed by atoms with Gasteiger partial charge in [0.1, 0.15) is 11.2 Å². The molecule has 1 fully saturated rings. The molecule has 0 bridgehead atoms. The van der Waals surface area contributed by atoms with Gasteiger partial charge in [0.2, 0.25) is 0 Å². The van der Waals surface area contributed by atoms with Crippen molar-refractivity contribution in [1.29, 1.82) is 0 Å². The van der Waals surface area contributed by atoms with E-state index in [1.165, 1.54) is 5.56 Å². The summed E-state index contributed by atoms with van der Waals surface area (Å²) >= 11 is 5.60. The van der Waals surface area contributed by atoms with Crippen molar-refractivity contribution in [3.8, 4) is 5.69 Å². The van der Waals surface area contributed by atoms with Crippen molar-refractivity contribution in [2.75, 3.05) is 12.3 Å². The molecule has 0 spiro atoms. The second-order valence-electron chi connectivity index (χ2n) is 5.91. The normalized spacial score (nSPS) is 22.5. The monoisotopic (exact) mass is 399 g/mol. The Hall–Kier alpha value is -1.70. The molecular formula is C17H14BrN5S. The van der Waals surface area contributed by atoms with Gasteiger partial charge >= 0.3 is 0 Å². The van der Waals surface area contributed by atoms with E-state index in [0.29, 0.717) is 0 Å². The first-order chi connectivity index (χ1) is 11.8. The quantitative estimate of drug-likeness (QED) is 0.628. The number of rotatable bonds is 1. The highest BCUT2D eigenvalue weighted by molar-refractivity contribution is 9.10. The lowest BCUT2D eigenvalue weighted by atomic mass is 9.98. The second-order valence-corrected chi connectivity index (χ2v) is 8.11. The van der Waals surface area contributed by atoms with Crippen LogP contribution >= 0.6 is 27.7 Å². The minimum absolute atomic E-state index is 0.291. The fraction of sp³-hybridized carbons (Fsp3) is 0.235. The lowest BCUT2D eigenvalue weighted by Gasteiger charge is -2.36. The topological polar surface area (TPSA) is 46.8 Å². The Labute approximate surface area is 152 Å². The Morgan fingerprint density at radius 2 is 2.17 bits per heavy atom. The summed E-state index contributed by atoms with van der Waals surface area (Å²) < 4.78 is 3.17. The lowest BCUT2D eigenvalue weighted by molar-refractivity contribution is 0.213. The van der Waals surface area contributed by atoms with Gasteiger partial charge in [-0.3, -0.25) is 14.5 Å². The average molecular weight is 400 g/mol. The summed E-state index contributed by atoms with van der Waals surface area (Å²) in [6.07, 6.45) is 3.69. The van der Waals surface area contributed by atoms with Gasteiger partial charge in [-0.1, -0.05) is 22.0 Å². The number of aromatic nitrogens is 4. The first-order valence-electron chi connectivity index (χ1n) is 7.79. The van der Waals surface area contributed by atoms with Gasteiger partial charge in [0.15, 0.2) is 5.82 Å². The highest BCUT2D eigenvalue weighted by Crippen LogP contribution is 2.52. The van der Waals surface area contributed by atoms with Crippen molar-refractivity contribution in [2.24, 2.45) is 0 Å². The standard InChI is InChI=1S/C17H14BrN5S/c18-12-4-5-14-13(9-12)17(15-3-1-2-6-19-15)22(7-8-24-17)10-16-21-20-11-23(14)16/h1-6,9,11H,7-8,10H2. The Bertz CT molecular complexity index is 912. The van der Waals surface area contributed by atoms with Crippen LogP contribution in [0.1, 0.15) is 17.1 Å². The molecule has 1 saturated heterocycles. The van der Waals surface area contributed by atoms with Gasteiger partial charge < -0.3 is 0 Å². The SMILES string of the molecule is Brc1ccc2c(c1)C1(c3ccccn3)SCCN1Cc1nncn1-2. The maximum Gasteiger partial charge on any atom is 0.151 e. The third-order valence-corrected chi connectivity index (χ3v) is 6.65. The molecule has 2 aliphatic heterocycles. The van der Waals surface area contributed by atoms with E-state index in [9.17, 15) is 0 Å². The van der Waals surface area contributed by atoms with Crippen LogP contribution in [0.15, 0.2) is 53.4 Å². The molecule has 0 aliphatic carbocycles. The molecule has 5 rings (SSSR count). The zero-order valence-electron chi connectivity index (χ0n) is 12.8. The van der Waals surface area contributed by atoms with Gasteiger partial charge in [-0.15, -0.1) is 22.0 Å². The van der Waals surface area contributed by atoms with E-state index < -0.39 is 0 Å². The molecule has 0 N–H and O–H groups in total. The van der Waals surface area contributed by atoms with Crippen LogP contribution in [0.5, 0.6) is 0 Å². The predicted octanol–water partition coefficient (Wildman–Crippen LogP) is 3.19. The van der Waals surface area contributed by atoms with Crippen LogP contribution in [0.2, 0.25) is 0 Å². The van der Waals surface area contributed by atoms with E-state index in [0.717, 1.165) is 40.5 Å². The second kappa shape index (κ2) is 5.40.